The molecule has 0 atom stereocenters. The van der Waals surface area contributed by atoms with E-state index in [4.69, 9.17) is 0 Å². The molecule has 1 saturated carbocycles. The molecule has 0 aromatic heterocycles. The Balaban J connectivity index is 2.30. The van der Waals surface area contributed by atoms with Crippen molar-refractivity contribution < 1.29 is 10.2 Å². The summed E-state index contributed by atoms with van der Waals surface area (Å²) in [4.78, 5) is 0. The van der Waals surface area contributed by atoms with Crippen molar-refractivity contribution >= 4 is 0 Å². The van der Waals surface area contributed by atoms with Crippen LogP contribution in [0.15, 0.2) is 0 Å². The molecule has 2 N–H and O–H groups in total. The topological polar surface area (TPSA) is 40.5 Å². The van der Waals surface area contributed by atoms with E-state index >= 15 is 0 Å². The van der Waals surface area contributed by atoms with Crippen molar-refractivity contribution in [3.63, 3.8) is 0 Å². The molecule has 0 aromatic rings. The van der Waals surface area contributed by atoms with Crippen molar-refractivity contribution in [2.75, 3.05) is 0 Å². The van der Waals surface area contributed by atoms with E-state index in [0.29, 0.717) is 6.42 Å². The predicted octanol–water partition coefficient (Wildman–Crippen LogP) is 0.877. The molecule has 1 aliphatic carbocycles. The fourth-order valence-corrected chi connectivity index (χ4v) is 1.12. The van der Waals surface area contributed by atoms with E-state index in [1.54, 1.807) is 0 Å². The van der Waals surface area contributed by atoms with Crippen LogP contribution in [0.1, 0.15) is 32.6 Å². The lowest BCUT2D eigenvalue weighted by atomic mass is 10.1. The van der Waals surface area contributed by atoms with Crippen LogP contribution >= 0.6 is 0 Å². The van der Waals surface area contributed by atoms with Gasteiger partial charge in [-0.2, -0.15) is 0 Å². The van der Waals surface area contributed by atoms with Crippen LogP contribution in [0, 0.1) is 5.92 Å². The lowest BCUT2D eigenvalue weighted by molar-refractivity contribution is -0.181. The summed E-state index contributed by atoms with van der Waals surface area (Å²) in [6, 6.07) is 0. The molecule has 0 saturated heterocycles. The molecule has 0 aliphatic heterocycles. The molecule has 2 nitrogen and oxygen atoms in total. The van der Waals surface area contributed by atoms with E-state index in [2.05, 4.69) is 0 Å². The lowest BCUT2D eigenvalue weighted by Gasteiger charge is -2.19. The molecular weight excluding hydrogens is 116 g/mol. The van der Waals surface area contributed by atoms with Gasteiger partial charge in [0.15, 0.2) is 5.79 Å². The Morgan fingerprint density at radius 1 is 1.44 bits per heavy atom. The minimum Gasteiger partial charge on any atom is -0.365 e. The first-order chi connectivity index (χ1) is 4.17. The van der Waals surface area contributed by atoms with E-state index in [1.807, 2.05) is 6.92 Å². The Morgan fingerprint density at radius 2 is 2.00 bits per heavy atom. The zero-order valence-electron chi connectivity index (χ0n) is 5.80. The smallest absolute Gasteiger partial charge is 0.165 e. The molecule has 2 heteroatoms. The van der Waals surface area contributed by atoms with Crippen molar-refractivity contribution in [3.05, 3.63) is 0 Å². The van der Waals surface area contributed by atoms with Crippen LogP contribution in [0.4, 0.5) is 0 Å². The van der Waals surface area contributed by atoms with Crippen molar-refractivity contribution in [1.29, 1.82) is 0 Å². The molecule has 9 heavy (non-hydrogen) atoms. The molecule has 1 fully saturated rings. The molecule has 0 aromatic carbocycles. The summed E-state index contributed by atoms with van der Waals surface area (Å²) in [5.41, 5.74) is 0. The maximum atomic E-state index is 9.21. The van der Waals surface area contributed by atoms with Gasteiger partial charge in [0.1, 0.15) is 0 Å². The molecule has 0 spiro atoms. The van der Waals surface area contributed by atoms with Crippen molar-refractivity contribution in [3.8, 4) is 0 Å². The predicted molar refractivity (Wildman–Crippen MR) is 34.8 cm³/mol. The molecule has 0 radical (unpaired) electrons. The molecule has 0 heterocycles. The van der Waals surface area contributed by atoms with Gasteiger partial charge >= 0.3 is 0 Å². The zero-order valence-corrected chi connectivity index (χ0v) is 5.80. The van der Waals surface area contributed by atoms with Gasteiger partial charge in [-0.05, 0) is 12.8 Å². The van der Waals surface area contributed by atoms with E-state index in [0.717, 1.165) is 19.3 Å². The number of hydrogen-bond acceptors (Lipinski definition) is 2. The highest BCUT2D eigenvalue weighted by Gasteiger charge is 2.41. The second-order valence-corrected chi connectivity index (χ2v) is 2.90. The maximum absolute atomic E-state index is 9.21. The molecule has 0 bridgehead atoms. The zero-order chi connectivity index (χ0) is 6.91. The Labute approximate surface area is 55.5 Å². The van der Waals surface area contributed by atoms with Gasteiger partial charge in [0.05, 0.1) is 0 Å². The van der Waals surface area contributed by atoms with Gasteiger partial charge in [-0.25, -0.2) is 0 Å². The molecule has 0 unspecified atom stereocenters. The fraction of sp³-hybridized carbons (Fsp3) is 1.00. The highest BCUT2D eigenvalue weighted by Crippen LogP contribution is 2.40. The van der Waals surface area contributed by atoms with E-state index in [9.17, 15) is 10.2 Å². The van der Waals surface area contributed by atoms with Gasteiger partial charge in [-0.15, -0.1) is 0 Å². The summed E-state index contributed by atoms with van der Waals surface area (Å²) in [5.74, 6) is -1.16. The monoisotopic (exact) mass is 130 g/mol. The Bertz CT molecular complexity index is 95.1. The minimum absolute atomic E-state index is 0.178. The maximum Gasteiger partial charge on any atom is 0.165 e. The van der Waals surface area contributed by atoms with Gasteiger partial charge in [-0.3, -0.25) is 0 Å². The van der Waals surface area contributed by atoms with Crippen molar-refractivity contribution in [1.82, 2.24) is 0 Å². The summed E-state index contributed by atoms with van der Waals surface area (Å²) in [6.07, 6.45) is 3.36. The third kappa shape index (κ3) is 1.66. The Morgan fingerprint density at radius 3 is 2.33 bits per heavy atom. The van der Waals surface area contributed by atoms with Gasteiger partial charge in [0.2, 0.25) is 0 Å². The normalized spacial score (nSPS) is 20.3. The van der Waals surface area contributed by atoms with Gasteiger partial charge in [-0.1, -0.05) is 13.3 Å². The quantitative estimate of drug-likeness (QED) is 0.557. The van der Waals surface area contributed by atoms with Crippen molar-refractivity contribution in [2.45, 2.75) is 38.4 Å². The third-order valence-electron chi connectivity index (χ3n) is 1.85. The first kappa shape index (κ1) is 7.03. The molecule has 0 amide bonds. The van der Waals surface area contributed by atoms with Crippen LogP contribution in [0.2, 0.25) is 0 Å². The highest BCUT2D eigenvalue weighted by atomic mass is 16.5. The molecule has 1 rings (SSSR count). The number of aliphatic hydroxyl groups is 2. The number of hydrogen-bond donors (Lipinski definition) is 2. The highest BCUT2D eigenvalue weighted by molar-refractivity contribution is 4.85. The number of rotatable bonds is 3. The first-order valence-corrected chi connectivity index (χ1v) is 3.61. The van der Waals surface area contributed by atoms with Gasteiger partial charge in [0.25, 0.3) is 0 Å². The van der Waals surface area contributed by atoms with Crippen LogP contribution in [0.25, 0.3) is 0 Å². The molecular formula is C7H14O2. The van der Waals surface area contributed by atoms with Crippen LogP contribution in [0.5, 0.6) is 0 Å². The SMILES string of the molecule is CCCC(O)(O)C1CC1. The van der Waals surface area contributed by atoms with Crippen molar-refractivity contribution in [2.24, 2.45) is 5.92 Å². The third-order valence-corrected chi connectivity index (χ3v) is 1.85. The first-order valence-electron chi connectivity index (χ1n) is 3.61. The van der Waals surface area contributed by atoms with Crippen LogP contribution in [-0.2, 0) is 0 Å². The second kappa shape index (κ2) is 2.27. The minimum atomic E-state index is -1.34. The summed E-state index contributed by atoms with van der Waals surface area (Å²) < 4.78 is 0. The Hall–Kier alpha value is -0.0800. The molecule has 1 aliphatic rings. The van der Waals surface area contributed by atoms with Gasteiger partial charge < -0.3 is 10.2 Å². The van der Waals surface area contributed by atoms with Crippen LogP contribution < -0.4 is 0 Å². The molecule has 54 valence electrons. The summed E-state index contributed by atoms with van der Waals surface area (Å²) in [6.45, 7) is 1.96. The second-order valence-electron chi connectivity index (χ2n) is 2.90. The fourth-order valence-electron chi connectivity index (χ4n) is 1.12. The van der Waals surface area contributed by atoms with Crippen LogP contribution in [0.3, 0.4) is 0 Å². The Kier molecular flexibility index (Phi) is 1.78. The van der Waals surface area contributed by atoms with Crippen LogP contribution in [-0.4, -0.2) is 16.0 Å². The largest absolute Gasteiger partial charge is 0.365 e. The average molecular weight is 130 g/mol. The van der Waals surface area contributed by atoms with Gasteiger partial charge in [0, 0.05) is 12.3 Å². The van der Waals surface area contributed by atoms with E-state index in [1.165, 1.54) is 0 Å². The van der Waals surface area contributed by atoms with E-state index in [-0.39, 0.29) is 5.92 Å². The summed E-state index contributed by atoms with van der Waals surface area (Å²) in [5, 5.41) is 18.4. The standard InChI is InChI=1S/C7H14O2/c1-2-5-7(8,9)6-3-4-6/h6,8-9H,2-5H2,1H3. The average Bonchev–Trinajstić information content (AvgIpc) is 2.41. The summed E-state index contributed by atoms with van der Waals surface area (Å²) >= 11 is 0. The summed E-state index contributed by atoms with van der Waals surface area (Å²) in [7, 11) is 0. The lowest BCUT2D eigenvalue weighted by Crippen LogP contribution is -2.30. The van der Waals surface area contributed by atoms with E-state index < -0.39 is 5.79 Å².